The van der Waals surface area contributed by atoms with Crippen LogP contribution >= 0.6 is 0 Å². The quantitative estimate of drug-likeness (QED) is 0.603. The molecule has 0 aromatic heterocycles. The summed E-state index contributed by atoms with van der Waals surface area (Å²) < 4.78 is 4.07. The standard InChI is InChI=1S/C8H6.CH3.Sb/c1-2-8-6-4-3-5-7-8;;/h1-6H;1H3;. The van der Waals surface area contributed by atoms with Gasteiger partial charge in [-0.3, -0.25) is 0 Å². The summed E-state index contributed by atoms with van der Waals surface area (Å²) in [7, 11) is 0. The Kier molecular flexibility index (Phi) is 1.58. The van der Waals surface area contributed by atoms with Gasteiger partial charge in [-0.05, 0) is 0 Å². The second-order valence-electron chi connectivity index (χ2n) is 2.49. The van der Waals surface area contributed by atoms with Gasteiger partial charge in [-0.15, -0.1) is 0 Å². The first-order chi connectivity index (χ1) is 4.88. The van der Waals surface area contributed by atoms with E-state index in [4.69, 9.17) is 0 Å². The minimum atomic E-state index is -1.03. The molecule has 0 radical (unpaired) electrons. The Morgan fingerprint density at radius 2 is 2.00 bits per heavy atom. The SMILES string of the molecule is [CH3][Sb]1[CH]=Cc2cccc[c]21. The van der Waals surface area contributed by atoms with E-state index in [2.05, 4.69) is 39.2 Å². The summed E-state index contributed by atoms with van der Waals surface area (Å²) in [6, 6.07) is 8.74. The molecule has 1 aliphatic rings. The average molecular weight is 239 g/mol. The van der Waals surface area contributed by atoms with Crippen molar-refractivity contribution in [2.45, 2.75) is 4.87 Å². The molecule has 10 heavy (non-hydrogen) atoms. The molecule has 0 amide bonds. The van der Waals surface area contributed by atoms with Crippen molar-refractivity contribution >= 4 is 29.8 Å². The van der Waals surface area contributed by atoms with Crippen LogP contribution in [-0.2, 0) is 0 Å². The van der Waals surface area contributed by atoms with Crippen molar-refractivity contribution in [2.24, 2.45) is 0 Å². The third-order valence-electron chi connectivity index (χ3n) is 1.79. The molecule has 0 atom stereocenters. The Balaban J connectivity index is 2.59. The Morgan fingerprint density at radius 1 is 1.20 bits per heavy atom. The molecule has 1 aliphatic heterocycles. The van der Waals surface area contributed by atoms with E-state index >= 15 is 0 Å². The van der Waals surface area contributed by atoms with Crippen molar-refractivity contribution in [3.8, 4) is 0 Å². The van der Waals surface area contributed by atoms with Gasteiger partial charge < -0.3 is 0 Å². The topological polar surface area (TPSA) is 0 Å². The molecule has 0 aliphatic carbocycles. The van der Waals surface area contributed by atoms with Crippen LogP contribution in [0.1, 0.15) is 5.56 Å². The molecule has 0 fully saturated rings. The van der Waals surface area contributed by atoms with E-state index in [1.807, 2.05) is 0 Å². The maximum atomic E-state index is 2.42. The van der Waals surface area contributed by atoms with Crippen molar-refractivity contribution in [3.63, 3.8) is 0 Å². The second-order valence-corrected chi connectivity index (χ2v) is 8.20. The summed E-state index contributed by atoms with van der Waals surface area (Å²) >= 11 is -1.03. The minimum absolute atomic E-state index is 1.03. The molecule has 0 saturated heterocycles. The first-order valence-corrected chi connectivity index (χ1v) is 8.68. The van der Waals surface area contributed by atoms with Gasteiger partial charge in [0.15, 0.2) is 0 Å². The first-order valence-electron chi connectivity index (χ1n) is 3.38. The number of hydrogen-bond acceptors (Lipinski definition) is 0. The second kappa shape index (κ2) is 2.43. The van der Waals surface area contributed by atoms with E-state index in [0.717, 1.165) is 0 Å². The number of benzene rings is 1. The zero-order valence-corrected chi connectivity index (χ0v) is 8.46. The zero-order valence-electron chi connectivity index (χ0n) is 5.91. The van der Waals surface area contributed by atoms with Crippen LogP contribution in [0.5, 0.6) is 0 Å². The van der Waals surface area contributed by atoms with Gasteiger partial charge in [0, 0.05) is 0 Å². The third kappa shape index (κ3) is 0.914. The summed E-state index contributed by atoms with van der Waals surface area (Å²) in [5, 5.41) is 0. The summed E-state index contributed by atoms with van der Waals surface area (Å²) in [5.74, 6) is 0. The van der Waals surface area contributed by atoms with Crippen LogP contribution in [0.4, 0.5) is 0 Å². The fourth-order valence-electron chi connectivity index (χ4n) is 1.22. The molecular formula is C9H9Sb. The van der Waals surface area contributed by atoms with E-state index in [-0.39, 0.29) is 0 Å². The molecular weight excluding hydrogens is 230 g/mol. The molecule has 0 N–H and O–H groups in total. The molecule has 1 heterocycles. The molecule has 0 unspecified atom stereocenters. The van der Waals surface area contributed by atoms with Crippen molar-refractivity contribution in [2.75, 3.05) is 0 Å². The van der Waals surface area contributed by atoms with Gasteiger partial charge in [0.05, 0.1) is 0 Å². The molecule has 2 rings (SSSR count). The van der Waals surface area contributed by atoms with Gasteiger partial charge in [0.2, 0.25) is 0 Å². The maximum absolute atomic E-state index is 2.42. The summed E-state index contributed by atoms with van der Waals surface area (Å²) in [4.78, 5) is 2.41. The normalized spacial score (nSPS) is 15.7. The molecule has 1 heteroatoms. The number of rotatable bonds is 0. The fourth-order valence-corrected chi connectivity index (χ4v) is 5.28. The molecule has 0 spiro atoms. The van der Waals surface area contributed by atoms with Gasteiger partial charge in [0.1, 0.15) is 0 Å². The van der Waals surface area contributed by atoms with Crippen LogP contribution in [0.25, 0.3) is 6.08 Å². The van der Waals surface area contributed by atoms with Crippen molar-refractivity contribution in [3.05, 3.63) is 33.9 Å². The third-order valence-corrected chi connectivity index (χ3v) is 6.83. The fraction of sp³-hybridized carbons (Fsp3) is 0.111. The van der Waals surface area contributed by atoms with Crippen LogP contribution in [0.15, 0.2) is 28.3 Å². The molecule has 50 valence electrons. The Hall–Kier alpha value is -0.222. The van der Waals surface area contributed by atoms with Gasteiger partial charge >= 0.3 is 68.5 Å². The molecule has 0 saturated carbocycles. The zero-order chi connectivity index (χ0) is 6.97. The van der Waals surface area contributed by atoms with Gasteiger partial charge in [-0.1, -0.05) is 0 Å². The van der Waals surface area contributed by atoms with Gasteiger partial charge in [-0.25, -0.2) is 0 Å². The van der Waals surface area contributed by atoms with Crippen LogP contribution in [0.3, 0.4) is 0 Å². The molecule has 1 aromatic rings. The predicted octanol–water partition coefficient (Wildman–Crippen LogP) is 1.58. The number of hydrogen-bond donors (Lipinski definition) is 0. The number of fused-ring (bicyclic) bond motifs is 1. The summed E-state index contributed by atoms with van der Waals surface area (Å²) in [6.07, 6.45) is 2.28. The first kappa shape index (κ1) is 6.49. The van der Waals surface area contributed by atoms with Crippen LogP contribution in [0, 0.1) is 0 Å². The van der Waals surface area contributed by atoms with Crippen LogP contribution < -0.4 is 3.51 Å². The summed E-state index contributed by atoms with van der Waals surface area (Å²) in [5.41, 5.74) is 1.47. The molecule has 1 aromatic carbocycles. The summed E-state index contributed by atoms with van der Waals surface area (Å²) in [6.45, 7) is 0. The van der Waals surface area contributed by atoms with E-state index in [1.54, 1.807) is 3.51 Å². The Labute approximate surface area is 68.5 Å². The van der Waals surface area contributed by atoms with Crippen molar-refractivity contribution in [1.82, 2.24) is 0 Å². The van der Waals surface area contributed by atoms with Gasteiger partial charge in [-0.2, -0.15) is 0 Å². The van der Waals surface area contributed by atoms with Gasteiger partial charge in [0.25, 0.3) is 0 Å². The van der Waals surface area contributed by atoms with E-state index in [1.165, 1.54) is 5.56 Å². The molecule has 0 nitrogen and oxygen atoms in total. The van der Waals surface area contributed by atoms with E-state index in [0.29, 0.717) is 0 Å². The van der Waals surface area contributed by atoms with Crippen LogP contribution in [-0.4, -0.2) is 20.2 Å². The van der Waals surface area contributed by atoms with Crippen molar-refractivity contribution in [1.29, 1.82) is 0 Å². The van der Waals surface area contributed by atoms with E-state index < -0.39 is 20.2 Å². The monoisotopic (exact) mass is 238 g/mol. The molecule has 0 bridgehead atoms. The average Bonchev–Trinajstić information content (AvgIpc) is 2.34. The predicted molar refractivity (Wildman–Crippen MR) is 46.7 cm³/mol. The van der Waals surface area contributed by atoms with Crippen molar-refractivity contribution < 1.29 is 0 Å². The van der Waals surface area contributed by atoms with E-state index in [9.17, 15) is 0 Å². The Bertz CT molecular complexity index is 276. The Morgan fingerprint density at radius 3 is 2.80 bits per heavy atom. The van der Waals surface area contributed by atoms with Crippen LogP contribution in [0.2, 0.25) is 4.87 Å².